The van der Waals surface area contributed by atoms with Crippen LogP contribution in [-0.4, -0.2) is 72.1 Å². The van der Waals surface area contributed by atoms with Crippen LogP contribution in [0.2, 0.25) is 0 Å². The summed E-state index contributed by atoms with van der Waals surface area (Å²) in [6, 6.07) is 6.28. The summed E-state index contributed by atoms with van der Waals surface area (Å²) in [6.45, 7) is -0.915. The molecule has 2 aromatic rings. The fourth-order valence-electron chi connectivity index (χ4n) is 5.35. The van der Waals surface area contributed by atoms with E-state index in [1.165, 1.54) is 31.3 Å². The molecular weight excluding hydrogens is 563 g/mol. The predicted octanol–water partition coefficient (Wildman–Crippen LogP) is 2.92. The van der Waals surface area contributed by atoms with Gasteiger partial charge in [-0.3, -0.25) is 4.79 Å². The van der Waals surface area contributed by atoms with Crippen LogP contribution in [0.15, 0.2) is 40.9 Å². The Morgan fingerprint density at radius 1 is 1.22 bits per heavy atom. The molecule has 2 saturated heterocycles. The van der Waals surface area contributed by atoms with Crippen molar-refractivity contribution in [2.75, 3.05) is 20.1 Å². The van der Waals surface area contributed by atoms with E-state index in [9.17, 15) is 22.7 Å². The molecule has 0 spiro atoms. The number of fused-ring (bicyclic) bond motifs is 1. The first kappa shape index (κ1) is 25.7. The van der Waals surface area contributed by atoms with E-state index in [1.807, 2.05) is 0 Å². The van der Waals surface area contributed by atoms with Crippen LogP contribution in [-0.2, 0) is 21.4 Å². The first-order valence-corrected chi connectivity index (χ1v) is 13.8. The predicted molar refractivity (Wildman–Crippen MR) is 130 cm³/mol. The molecule has 3 aliphatic rings. The molecule has 0 radical (unpaired) electrons. The zero-order chi connectivity index (χ0) is 26.0. The number of halogens is 4. The van der Waals surface area contributed by atoms with Crippen molar-refractivity contribution in [2.45, 2.75) is 49.0 Å². The summed E-state index contributed by atoms with van der Waals surface area (Å²) in [5.41, 5.74) is -3.26. The van der Waals surface area contributed by atoms with Gasteiger partial charge in [0.25, 0.3) is 16.1 Å². The van der Waals surface area contributed by atoms with Crippen molar-refractivity contribution in [1.82, 2.24) is 13.9 Å². The van der Waals surface area contributed by atoms with Gasteiger partial charge in [-0.25, -0.2) is 13.2 Å². The number of amides is 1. The van der Waals surface area contributed by atoms with Crippen LogP contribution in [0.3, 0.4) is 0 Å². The number of carbonyl (C=O) groups excluding carboxylic acids is 1. The third kappa shape index (κ3) is 4.16. The molecule has 1 aliphatic carbocycles. The Morgan fingerprint density at radius 3 is 2.58 bits per heavy atom. The Bertz CT molecular complexity index is 1340. The summed E-state index contributed by atoms with van der Waals surface area (Å²) in [6.07, 6.45) is 0.886. The van der Waals surface area contributed by atoms with Crippen LogP contribution in [0.5, 0.6) is 0 Å². The minimum Gasteiger partial charge on any atom is -0.380 e. The molecule has 12 heteroatoms. The Balaban J connectivity index is 1.54. The Morgan fingerprint density at radius 2 is 1.94 bits per heavy atom. The van der Waals surface area contributed by atoms with Gasteiger partial charge in [0.05, 0.1) is 29.6 Å². The molecule has 2 heterocycles. The number of benzene rings is 2. The van der Waals surface area contributed by atoms with E-state index >= 15 is 8.78 Å². The lowest BCUT2D eigenvalue weighted by Crippen LogP contribution is -2.65. The van der Waals surface area contributed by atoms with Crippen LogP contribution in [0.25, 0.3) is 11.1 Å². The number of hydrogen-bond donors (Lipinski definition) is 2. The van der Waals surface area contributed by atoms with E-state index in [1.54, 1.807) is 12.1 Å². The Labute approximate surface area is 215 Å². The number of hydrogen-bond acceptors (Lipinski definition) is 4. The standard InChI is InChI=1S/C24H25BrF3N3O4S/c1-30-12-23(28)13-31(22(32)24(33)8-3-9-24)19(21(23)29-36(30,34)35)11-15-4-2-5-16(20(15)27)14-6-7-17(25)18(26)10-14/h2,4-7,10,19,21,29,33H,3,8-9,11-13H2,1H3/t19-,21+,23?/m0/s1. The maximum atomic E-state index is 16.2. The SMILES string of the molecule is CN1CC2(F)CN(C(=O)C3(O)CCC3)[C@@H](Cc3cccc(-c4ccc(Br)c(F)c4)c3F)[C@H]2NS1(=O)=O. The normalized spacial score (nSPS) is 29.0. The van der Waals surface area contributed by atoms with E-state index in [-0.39, 0.29) is 40.4 Å². The zero-order valence-corrected chi connectivity index (χ0v) is 21.8. The quantitative estimate of drug-likeness (QED) is 0.575. The van der Waals surface area contributed by atoms with E-state index in [2.05, 4.69) is 20.7 Å². The average Bonchev–Trinajstić information content (AvgIpc) is 3.06. The number of aliphatic hydroxyl groups is 1. The maximum Gasteiger partial charge on any atom is 0.279 e. The highest BCUT2D eigenvalue weighted by Crippen LogP contribution is 2.42. The van der Waals surface area contributed by atoms with Gasteiger partial charge < -0.3 is 10.0 Å². The molecule has 0 bridgehead atoms. The van der Waals surface area contributed by atoms with Gasteiger partial charge >= 0.3 is 0 Å². The van der Waals surface area contributed by atoms with Gasteiger partial charge in [0.2, 0.25) is 0 Å². The number of alkyl halides is 1. The highest BCUT2D eigenvalue weighted by molar-refractivity contribution is 9.10. The Hall–Kier alpha value is -1.99. The summed E-state index contributed by atoms with van der Waals surface area (Å²) in [5.74, 6) is -1.93. The smallest absolute Gasteiger partial charge is 0.279 e. The molecule has 7 nitrogen and oxygen atoms in total. The maximum absolute atomic E-state index is 16.2. The number of nitrogens with zero attached hydrogens (tertiary/aromatic N) is 2. The van der Waals surface area contributed by atoms with Crippen LogP contribution in [0, 0.1) is 11.6 Å². The number of rotatable bonds is 4. The molecule has 1 amide bonds. The van der Waals surface area contributed by atoms with Gasteiger partial charge in [-0.1, -0.05) is 24.3 Å². The summed E-state index contributed by atoms with van der Waals surface area (Å²) < 4.78 is 74.5. The molecule has 2 aliphatic heterocycles. The molecule has 1 saturated carbocycles. The first-order chi connectivity index (χ1) is 16.8. The van der Waals surface area contributed by atoms with E-state index < -0.39 is 64.2 Å². The summed E-state index contributed by atoms with van der Waals surface area (Å²) in [5, 5.41) is 10.7. The zero-order valence-electron chi connectivity index (χ0n) is 19.3. The van der Waals surface area contributed by atoms with Gasteiger partial charge in [-0.05, 0) is 64.9 Å². The first-order valence-electron chi connectivity index (χ1n) is 11.5. The summed E-state index contributed by atoms with van der Waals surface area (Å²) in [7, 11) is -2.79. The van der Waals surface area contributed by atoms with Crippen molar-refractivity contribution >= 4 is 32.0 Å². The fourth-order valence-corrected chi connectivity index (χ4v) is 6.85. The van der Waals surface area contributed by atoms with E-state index in [0.29, 0.717) is 6.42 Å². The molecule has 2 N–H and O–H groups in total. The second kappa shape index (κ2) is 8.80. The largest absolute Gasteiger partial charge is 0.380 e. The van der Waals surface area contributed by atoms with Crippen molar-refractivity contribution in [3.05, 3.63) is 58.1 Å². The highest BCUT2D eigenvalue weighted by Gasteiger charge is 2.62. The molecular formula is C24H25BrF3N3O4S. The lowest BCUT2D eigenvalue weighted by atomic mass is 9.79. The number of likely N-dealkylation sites (tertiary alicyclic amines) is 1. The van der Waals surface area contributed by atoms with Crippen LogP contribution in [0.1, 0.15) is 24.8 Å². The van der Waals surface area contributed by atoms with Crippen molar-refractivity contribution in [3.8, 4) is 11.1 Å². The van der Waals surface area contributed by atoms with Crippen molar-refractivity contribution in [3.63, 3.8) is 0 Å². The van der Waals surface area contributed by atoms with E-state index in [0.717, 1.165) is 9.21 Å². The highest BCUT2D eigenvalue weighted by atomic mass is 79.9. The van der Waals surface area contributed by atoms with Gasteiger partial charge in [-0.15, -0.1) is 0 Å². The average molecular weight is 588 g/mol. The van der Waals surface area contributed by atoms with Crippen LogP contribution >= 0.6 is 15.9 Å². The third-order valence-corrected chi connectivity index (χ3v) is 9.67. The minimum absolute atomic E-state index is 0.113. The monoisotopic (exact) mass is 587 g/mol. The van der Waals surface area contributed by atoms with Crippen molar-refractivity contribution < 1.29 is 31.5 Å². The lowest BCUT2D eigenvalue weighted by Gasteiger charge is -2.40. The third-order valence-electron chi connectivity index (χ3n) is 7.53. The van der Waals surface area contributed by atoms with Gasteiger partial charge in [0.1, 0.15) is 17.2 Å². The molecule has 3 fully saturated rings. The molecule has 1 unspecified atom stereocenters. The van der Waals surface area contributed by atoms with Crippen molar-refractivity contribution in [2.24, 2.45) is 0 Å². The van der Waals surface area contributed by atoms with Gasteiger partial charge in [0, 0.05) is 12.6 Å². The number of carbonyl (C=O) groups is 1. The topological polar surface area (TPSA) is 89.9 Å². The minimum atomic E-state index is -4.02. The fraction of sp³-hybridized carbons (Fsp3) is 0.458. The van der Waals surface area contributed by atoms with Gasteiger partial charge in [0.15, 0.2) is 5.67 Å². The molecule has 0 aromatic heterocycles. The lowest BCUT2D eigenvalue weighted by molar-refractivity contribution is -0.161. The molecule has 2 aromatic carbocycles. The molecule has 3 atom stereocenters. The Kier molecular flexibility index (Phi) is 6.27. The molecule has 5 rings (SSSR count). The second-order valence-electron chi connectivity index (χ2n) is 9.89. The van der Waals surface area contributed by atoms with Crippen LogP contribution < -0.4 is 4.72 Å². The number of nitrogens with one attached hydrogen (secondary N) is 1. The van der Waals surface area contributed by atoms with Gasteiger partial charge in [-0.2, -0.15) is 17.4 Å². The van der Waals surface area contributed by atoms with Crippen LogP contribution in [0.4, 0.5) is 13.2 Å². The summed E-state index contributed by atoms with van der Waals surface area (Å²) >= 11 is 3.07. The van der Waals surface area contributed by atoms with E-state index in [4.69, 9.17) is 0 Å². The van der Waals surface area contributed by atoms with Crippen molar-refractivity contribution in [1.29, 1.82) is 0 Å². The molecule has 194 valence electrons. The second-order valence-corrected chi connectivity index (χ2v) is 12.6. The summed E-state index contributed by atoms with van der Waals surface area (Å²) in [4.78, 5) is 14.5. The molecule has 36 heavy (non-hydrogen) atoms.